The van der Waals surface area contributed by atoms with Gasteiger partial charge in [0.15, 0.2) is 16.6 Å². The Kier molecular flexibility index (Phi) is 8.70. The molecule has 1 heterocycles. The average molecular weight is 517 g/mol. The van der Waals surface area contributed by atoms with Crippen molar-refractivity contribution in [2.45, 2.75) is 19.8 Å². The molecule has 168 valence electrons. The molecule has 0 saturated heterocycles. The molecule has 0 radical (unpaired) electrons. The fourth-order valence-corrected chi connectivity index (χ4v) is 4.22. The number of rotatable bonds is 10. The Morgan fingerprint density at radius 1 is 1.19 bits per heavy atom. The minimum atomic E-state index is -0.267. The quantitative estimate of drug-likeness (QED) is 0.248. The van der Waals surface area contributed by atoms with Gasteiger partial charge in [-0.25, -0.2) is 4.98 Å². The van der Waals surface area contributed by atoms with Crippen LogP contribution in [0.4, 0.5) is 5.13 Å². The minimum absolute atomic E-state index is 0.267. The van der Waals surface area contributed by atoms with Crippen molar-refractivity contribution in [1.29, 1.82) is 0 Å². The summed E-state index contributed by atoms with van der Waals surface area (Å²) in [5.41, 5.74) is 2.57. The highest BCUT2D eigenvalue weighted by Gasteiger charge is 2.10. The fraction of sp³-hybridized carbons (Fsp3) is 0.250. The van der Waals surface area contributed by atoms with Crippen molar-refractivity contribution in [1.82, 2.24) is 4.98 Å². The molecule has 0 aliphatic rings. The number of methoxy groups -OCH3 is 2. The molecule has 0 spiro atoms. The molecule has 32 heavy (non-hydrogen) atoms. The zero-order valence-electron chi connectivity index (χ0n) is 18.2. The molecule has 8 heteroatoms. The number of halogens is 1. The smallest absolute Gasteiger partial charge is 0.250 e. The first kappa shape index (κ1) is 23.8. The first-order valence-electron chi connectivity index (χ1n) is 10.1. The predicted molar refractivity (Wildman–Crippen MR) is 133 cm³/mol. The molecule has 1 aromatic heterocycles. The molecule has 3 aromatic rings. The van der Waals surface area contributed by atoms with Gasteiger partial charge in [-0.2, -0.15) is 0 Å². The molecule has 0 bridgehead atoms. The number of carbonyl (C=O) groups excluding carboxylic acids is 1. The third kappa shape index (κ3) is 6.34. The zero-order valence-corrected chi connectivity index (χ0v) is 20.6. The van der Waals surface area contributed by atoms with Crippen LogP contribution in [0.5, 0.6) is 17.2 Å². The molecule has 2 aromatic carbocycles. The number of nitrogens with zero attached hydrogens (tertiary/aromatic N) is 1. The summed E-state index contributed by atoms with van der Waals surface area (Å²) in [6.45, 7) is 2.85. The lowest BCUT2D eigenvalue weighted by atomic mass is 10.2. The van der Waals surface area contributed by atoms with Crippen molar-refractivity contribution in [2.24, 2.45) is 0 Å². The molecule has 6 nitrogen and oxygen atoms in total. The van der Waals surface area contributed by atoms with E-state index >= 15 is 0 Å². The molecule has 0 atom stereocenters. The van der Waals surface area contributed by atoms with Crippen LogP contribution in [-0.4, -0.2) is 31.7 Å². The van der Waals surface area contributed by atoms with E-state index in [1.807, 2.05) is 35.7 Å². The van der Waals surface area contributed by atoms with Crippen LogP contribution in [0.25, 0.3) is 17.3 Å². The Morgan fingerprint density at radius 3 is 2.66 bits per heavy atom. The average Bonchev–Trinajstić information content (AvgIpc) is 3.26. The topological polar surface area (TPSA) is 69.7 Å². The molecule has 1 amide bonds. The first-order chi connectivity index (χ1) is 15.5. The maximum absolute atomic E-state index is 12.3. The van der Waals surface area contributed by atoms with Crippen LogP contribution in [0.1, 0.15) is 25.3 Å². The van der Waals surface area contributed by atoms with Crippen molar-refractivity contribution in [3.05, 3.63) is 57.9 Å². The molecule has 1 N–H and O–H groups in total. The van der Waals surface area contributed by atoms with Gasteiger partial charge in [0.2, 0.25) is 5.91 Å². The number of nitrogens with one attached hydrogen (secondary N) is 1. The number of amides is 1. The highest BCUT2D eigenvalue weighted by molar-refractivity contribution is 9.10. The van der Waals surface area contributed by atoms with E-state index in [2.05, 4.69) is 33.2 Å². The Morgan fingerprint density at radius 2 is 1.97 bits per heavy atom. The summed E-state index contributed by atoms with van der Waals surface area (Å²) in [4.78, 5) is 16.9. The second kappa shape index (κ2) is 11.7. The number of unbranched alkanes of at least 4 members (excludes halogenated alkanes) is 1. The van der Waals surface area contributed by atoms with E-state index in [0.29, 0.717) is 16.6 Å². The van der Waals surface area contributed by atoms with Crippen LogP contribution in [0.3, 0.4) is 0 Å². The van der Waals surface area contributed by atoms with E-state index in [-0.39, 0.29) is 5.91 Å². The van der Waals surface area contributed by atoms with Crippen molar-refractivity contribution in [3.8, 4) is 28.5 Å². The Bertz CT molecular complexity index is 1080. The molecule has 3 rings (SSSR count). The van der Waals surface area contributed by atoms with Gasteiger partial charge >= 0.3 is 0 Å². The third-order valence-electron chi connectivity index (χ3n) is 4.53. The summed E-state index contributed by atoms with van der Waals surface area (Å²) in [5.74, 6) is 1.76. The highest BCUT2D eigenvalue weighted by Crippen LogP contribution is 2.36. The number of benzene rings is 2. The first-order valence-corrected chi connectivity index (χ1v) is 11.8. The van der Waals surface area contributed by atoms with E-state index in [4.69, 9.17) is 14.2 Å². The summed E-state index contributed by atoms with van der Waals surface area (Å²) < 4.78 is 17.1. The number of thiazole rings is 1. The number of hydrogen-bond donors (Lipinski definition) is 1. The molecular weight excluding hydrogens is 492 g/mol. The molecule has 0 saturated carbocycles. The van der Waals surface area contributed by atoms with Gasteiger partial charge in [0, 0.05) is 17.0 Å². The number of carbonyl (C=O) groups is 1. The third-order valence-corrected chi connectivity index (χ3v) is 5.88. The normalized spacial score (nSPS) is 10.9. The largest absolute Gasteiger partial charge is 0.494 e. The molecule has 0 fully saturated rings. The maximum Gasteiger partial charge on any atom is 0.250 e. The number of aromatic nitrogens is 1. The lowest BCUT2D eigenvalue weighted by Crippen LogP contribution is -2.07. The van der Waals surface area contributed by atoms with Crippen LogP contribution >= 0.6 is 27.3 Å². The fourth-order valence-electron chi connectivity index (χ4n) is 2.87. The SMILES string of the molecule is CCCCOc1ccc(-c2csc(NC(=O)/C=C/c3cc(Br)c(OC)c(OC)c3)n2)cc1. The number of anilines is 1. The van der Waals surface area contributed by atoms with E-state index in [1.165, 1.54) is 17.4 Å². The number of ether oxygens (including phenoxy) is 3. The van der Waals surface area contributed by atoms with Crippen molar-refractivity contribution in [2.75, 3.05) is 26.1 Å². The van der Waals surface area contributed by atoms with Crippen molar-refractivity contribution >= 4 is 44.4 Å². The zero-order chi connectivity index (χ0) is 22.9. The van der Waals surface area contributed by atoms with Gasteiger partial charge in [0.25, 0.3) is 0 Å². The summed E-state index contributed by atoms with van der Waals surface area (Å²) in [6.07, 6.45) is 5.30. The summed E-state index contributed by atoms with van der Waals surface area (Å²) in [7, 11) is 3.14. The second-order valence-corrected chi connectivity index (χ2v) is 8.54. The molecule has 0 unspecified atom stereocenters. The van der Waals surface area contributed by atoms with E-state index in [1.54, 1.807) is 26.4 Å². The summed E-state index contributed by atoms with van der Waals surface area (Å²) in [5, 5.41) is 5.25. The van der Waals surface area contributed by atoms with Crippen LogP contribution in [0, 0.1) is 0 Å². The standard InChI is InChI=1S/C24H25BrN2O4S/c1-4-5-12-31-18-9-7-17(8-10-18)20-15-32-24(26-20)27-22(28)11-6-16-13-19(25)23(30-3)21(14-16)29-2/h6-11,13-15H,4-5,12H2,1-3H3,(H,26,27,28)/b11-6+. The van der Waals surface area contributed by atoms with Gasteiger partial charge in [0.05, 0.1) is 31.0 Å². The summed E-state index contributed by atoms with van der Waals surface area (Å²) in [6, 6.07) is 11.5. The van der Waals surface area contributed by atoms with Gasteiger partial charge in [0.1, 0.15) is 5.75 Å². The second-order valence-electron chi connectivity index (χ2n) is 6.83. The number of hydrogen-bond acceptors (Lipinski definition) is 6. The van der Waals surface area contributed by atoms with Crippen LogP contribution in [0.2, 0.25) is 0 Å². The van der Waals surface area contributed by atoms with E-state index < -0.39 is 0 Å². The van der Waals surface area contributed by atoms with E-state index in [0.717, 1.165) is 46.5 Å². The van der Waals surface area contributed by atoms with E-state index in [9.17, 15) is 4.79 Å². The maximum atomic E-state index is 12.3. The highest BCUT2D eigenvalue weighted by atomic mass is 79.9. The van der Waals surface area contributed by atoms with Crippen LogP contribution in [-0.2, 0) is 4.79 Å². The van der Waals surface area contributed by atoms with Crippen LogP contribution in [0.15, 0.2) is 52.3 Å². The molecule has 0 aliphatic carbocycles. The molecular formula is C24H25BrN2O4S. The van der Waals surface area contributed by atoms with Gasteiger partial charge in [-0.1, -0.05) is 13.3 Å². The van der Waals surface area contributed by atoms with Gasteiger partial charge in [-0.15, -0.1) is 11.3 Å². The van der Waals surface area contributed by atoms with Gasteiger partial charge in [-0.3, -0.25) is 10.1 Å². The lowest BCUT2D eigenvalue weighted by Gasteiger charge is -2.10. The van der Waals surface area contributed by atoms with Crippen molar-refractivity contribution < 1.29 is 19.0 Å². The Balaban J connectivity index is 1.62. The molecule has 0 aliphatic heterocycles. The van der Waals surface area contributed by atoms with Crippen molar-refractivity contribution in [3.63, 3.8) is 0 Å². The monoisotopic (exact) mass is 516 g/mol. The predicted octanol–water partition coefficient (Wildman–Crippen LogP) is 6.42. The minimum Gasteiger partial charge on any atom is -0.494 e. The Labute approximate surface area is 200 Å². The Hall–Kier alpha value is -2.84. The van der Waals surface area contributed by atoms with Crippen LogP contribution < -0.4 is 19.5 Å². The van der Waals surface area contributed by atoms with Gasteiger partial charge < -0.3 is 14.2 Å². The lowest BCUT2D eigenvalue weighted by molar-refractivity contribution is -0.111. The summed E-state index contributed by atoms with van der Waals surface area (Å²) >= 11 is 4.83. The van der Waals surface area contributed by atoms with Gasteiger partial charge in [-0.05, 0) is 70.4 Å².